The predicted octanol–water partition coefficient (Wildman–Crippen LogP) is 0.746. The van der Waals surface area contributed by atoms with Gasteiger partial charge in [-0.05, 0) is 25.7 Å². The first-order valence-corrected chi connectivity index (χ1v) is 7.06. The number of nitrogens with zero attached hydrogens (tertiary/aromatic N) is 4. The van der Waals surface area contributed by atoms with Gasteiger partial charge < -0.3 is 9.64 Å². The van der Waals surface area contributed by atoms with Crippen molar-refractivity contribution in [2.45, 2.75) is 38.3 Å². The van der Waals surface area contributed by atoms with E-state index in [2.05, 4.69) is 11.2 Å². The third-order valence-corrected chi connectivity index (χ3v) is 4.09. The Labute approximate surface area is 117 Å². The summed E-state index contributed by atoms with van der Waals surface area (Å²) in [6.45, 7) is 1.93. The van der Waals surface area contributed by atoms with Gasteiger partial charge in [-0.2, -0.15) is 10.4 Å². The molecule has 1 saturated heterocycles. The summed E-state index contributed by atoms with van der Waals surface area (Å²) in [4.78, 5) is 14.3. The van der Waals surface area contributed by atoms with E-state index in [1.54, 1.807) is 4.68 Å². The van der Waals surface area contributed by atoms with E-state index in [-0.39, 0.29) is 12.0 Å². The summed E-state index contributed by atoms with van der Waals surface area (Å²) in [5.41, 5.74) is 2.47. The second-order valence-corrected chi connectivity index (χ2v) is 5.37. The summed E-state index contributed by atoms with van der Waals surface area (Å²) < 4.78 is 7.22. The lowest BCUT2D eigenvalue weighted by Gasteiger charge is -2.23. The van der Waals surface area contributed by atoms with Crippen LogP contribution in [0.2, 0.25) is 0 Å². The standard InChI is InChI=1S/C14H18N4O2/c1-17-12-9-18(14(19)13-5-3-7-20-13)6-2-4-10(12)11(8-15)16-17/h13H,2-7,9H2,1H3. The summed E-state index contributed by atoms with van der Waals surface area (Å²) in [5.74, 6) is 0.0788. The van der Waals surface area contributed by atoms with Crippen molar-refractivity contribution in [3.05, 3.63) is 17.0 Å². The maximum absolute atomic E-state index is 12.5. The van der Waals surface area contributed by atoms with Gasteiger partial charge in [-0.15, -0.1) is 0 Å². The van der Waals surface area contributed by atoms with Crippen molar-refractivity contribution >= 4 is 5.91 Å². The third-order valence-electron chi connectivity index (χ3n) is 4.09. The summed E-state index contributed by atoms with van der Waals surface area (Å²) in [7, 11) is 1.83. The number of hydrogen-bond acceptors (Lipinski definition) is 4. The molecule has 1 aromatic rings. The second kappa shape index (κ2) is 5.25. The summed E-state index contributed by atoms with van der Waals surface area (Å²) >= 11 is 0. The van der Waals surface area contributed by atoms with Crippen LogP contribution in [0.25, 0.3) is 0 Å². The monoisotopic (exact) mass is 274 g/mol. The van der Waals surface area contributed by atoms with Gasteiger partial charge in [0.1, 0.15) is 12.2 Å². The molecular formula is C14H18N4O2. The average Bonchev–Trinajstić information content (AvgIpc) is 3.01. The number of nitriles is 1. The van der Waals surface area contributed by atoms with Gasteiger partial charge in [0.2, 0.25) is 0 Å². The Hall–Kier alpha value is -1.87. The van der Waals surface area contributed by atoms with Crippen LogP contribution in [0.1, 0.15) is 36.2 Å². The molecule has 1 aromatic heterocycles. The molecule has 2 aliphatic rings. The van der Waals surface area contributed by atoms with Gasteiger partial charge in [-0.3, -0.25) is 9.48 Å². The fraction of sp³-hybridized carbons (Fsp3) is 0.643. The highest BCUT2D eigenvalue weighted by Gasteiger charge is 2.31. The normalized spacial score (nSPS) is 22.2. The zero-order chi connectivity index (χ0) is 14.1. The number of fused-ring (bicyclic) bond motifs is 1. The van der Waals surface area contributed by atoms with Gasteiger partial charge in [-0.25, -0.2) is 0 Å². The van der Waals surface area contributed by atoms with Crippen LogP contribution in [0, 0.1) is 11.3 Å². The van der Waals surface area contributed by atoms with Crippen molar-refractivity contribution in [2.24, 2.45) is 7.05 Å². The van der Waals surface area contributed by atoms with Gasteiger partial charge in [-0.1, -0.05) is 0 Å². The van der Waals surface area contributed by atoms with Crippen molar-refractivity contribution in [1.82, 2.24) is 14.7 Å². The van der Waals surface area contributed by atoms with Gasteiger partial charge in [0.05, 0.1) is 12.2 Å². The number of aryl methyl sites for hydroxylation is 1. The van der Waals surface area contributed by atoms with Crippen molar-refractivity contribution < 1.29 is 9.53 Å². The molecule has 106 valence electrons. The molecule has 0 aliphatic carbocycles. The zero-order valence-corrected chi connectivity index (χ0v) is 11.6. The Bertz CT molecular complexity index is 566. The van der Waals surface area contributed by atoms with Crippen LogP contribution in [0.4, 0.5) is 0 Å². The molecule has 1 fully saturated rings. The molecule has 0 aromatic carbocycles. The molecule has 0 spiro atoms. The molecule has 3 heterocycles. The molecule has 20 heavy (non-hydrogen) atoms. The lowest BCUT2D eigenvalue weighted by atomic mass is 10.1. The fourth-order valence-electron chi connectivity index (χ4n) is 3.02. The number of ether oxygens (including phenoxy) is 1. The highest BCUT2D eigenvalue weighted by atomic mass is 16.5. The SMILES string of the molecule is Cn1nc(C#N)c2c1CN(C(=O)C1CCCO1)CCC2. The highest BCUT2D eigenvalue weighted by molar-refractivity contribution is 5.81. The minimum atomic E-state index is -0.278. The molecule has 0 bridgehead atoms. The van der Waals surface area contributed by atoms with Crippen LogP contribution in [-0.4, -0.2) is 39.8 Å². The lowest BCUT2D eigenvalue weighted by Crippen LogP contribution is -2.39. The highest BCUT2D eigenvalue weighted by Crippen LogP contribution is 2.23. The van der Waals surface area contributed by atoms with Crippen LogP contribution in [0.15, 0.2) is 0 Å². The number of aromatic nitrogens is 2. The van der Waals surface area contributed by atoms with E-state index in [9.17, 15) is 4.79 Å². The van der Waals surface area contributed by atoms with Crippen LogP contribution >= 0.6 is 0 Å². The van der Waals surface area contributed by atoms with Crippen molar-refractivity contribution in [3.63, 3.8) is 0 Å². The molecular weight excluding hydrogens is 256 g/mol. The predicted molar refractivity (Wildman–Crippen MR) is 70.6 cm³/mol. The molecule has 3 rings (SSSR count). The van der Waals surface area contributed by atoms with Crippen LogP contribution in [0.5, 0.6) is 0 Å². The largest absolute Gasteiger partial charge is 0.368 e. The Morgan fingerprint density at radius 2 is 2.35 bits per heavy atom. The van der Waals surface area contributed by atoms with Gasteiger partial charge >= 0.3 is 0 Å². The van der Waals surface area contributed by atoms with Crippen molar-refractivity contribution in [1.29, 1.82) is 5.26 Å². The molecule has 1 atom stereocenters. The van der Waals surface area contributed by atoms with Gasteiger partial charge in [0.15, 0.2) is 5.69 Å². The maximum Gasteiger partial charge on any atom is 0.252 e. The average molecular weight is 274 g/mol. The number of carbonyl (C=O) groups is 1. The zero-order valence-electron chi connectivity index (χ0n) is 11.6. The molecule has 0 radical (unpaired) electrons. The van der Waals surface area contributed by atoms with Gasteiger partial charge in [0, 0.05) is 25.8 Å². The molecule has 1 unspecified atom stereocenters. The van der Waals surface area contributed by atoms with Gasteiger partial charge in [0.25, 0.3) is 5.91 Å². The maximum atomic E-state index is 12.5. The number of carbonyl (C=O) groups excluding carboxylic acids is 1. The van der Waals surface area contributed by atoms with Crippen LogP contribution in [-0.2, 0) is 29.5 Å². The van der Waals surface area contributed by atoms with Crippen LogP contribution in [0.3, 0.4) is 0 Å². The van der Waals surface area contributed by atoms with E-state index in [1.165, 1.54) is 0 Å². The minimum absolute atomic E-state index is 0.0788. The molecule has 0 saturated carbocycles. The topological polar surface area (TPSA) is 71.2 Å². The van der Waals surface area contributed by atoms with Crippen molar-refractivity contribution in [3.8, 4) is 6.07 Å². The summed E-state index contributed by atoms with van der Waals surface area (Å²) in [6.07, 6.45) is 3.17. The van der Waals surface area contributed by atoms with Crippen LogP contribution < -0.4 is 0 Å². The summed E-state index contributed by atoms with van der Waals surface area (Å²) in [6, 6.07) is 2.14. The Morgan fingerprint density at radius 1 is 1.50 bits per heavy atom. The summed E-state index contributed by atoms with van der Waals surface area (Å²) in [5, 5.41) is 13.4. The molecule has 6 heteroatoms. The van der Waals surface area contributed by atoms with Crippen molar-refractivity contribution in [2.75, 3.05) is 13.2 Å². The molecule has 1 amide bonds. The molecule has 2 aliphatic heterocycles. The van der Waals surface area contributed by atoms with E-state index in [0.717, 1.165) is 43.5 Å². The smallest absolute Gasteiger partial charge is 0.252 e. The fourth-order valence-corrected chi connectivity index (χ4v) is 3.02. The first kappa shape index (κ1) is 13.1. The first-order valence-electron chi connectivity index (χ1n) is 7.06. The number of hydrogen-bond donors (Lipinski definition) is 0. The molecule has 0 N–H and O–H groups in total. The third kappa shape index (κ3) is 2.18. The Kier molecular flexibility index (Phi) is 3.45. The van der Waals surface area contributed by atoms with E-state index in [1.807, 2.05) is 11.9 Å². The number of amides is 1. The minimum Gasteiger partial charge on any atom is -0.368 e. The van der Waals surface area contributed by atoms with E-state index < -0.39 is 0 Å². The van der Waals surface area contributed by atoms with E-state index in [0.29, 0.717) is 18.8 Å². The number of rotatable bonds is 1. The lowest BCUT2D eigenvalue weighted by molar-refractivity contribution is -0.141. The Morgan fingerprint density at radius 3 is 3.05 bits per heavy atom. The second-order valence-electron chi connectivity index (χ2n) is 5.37. The first-order chi connectivity index (χ1) is 9.70. The van der Waals surface area contributed by atoms with E-state index >= 15 is 0 Å². The molecule has 6 nitrogen and oxygen atoms in total. The quantitative estimate of drug-likeness (QED) is 0.757. The van der Waals surface area contributed by atoms with E-state index in [4.69, 9.17) is 10.00 Å². The Balaban J connectivity index is 1.84.